The van der Waals surface area contributed by atoms with E-state index in [9.17, 15) is 20.0 Å². The van der Waals surface area contributed by atoms with Crippen molar-refractivity contribution < 1.29 is 19.4 Å². The minimum Gasteiger partial charge on any atom is -0.465 e. The summed E-state index contributed by atoms with van der Waals surface area (Å²) in [4.78, 5) is 28.7. The van der Waals surface area contributed by atoms with Gasteiger partial charge in [-0.05, 0) is 30.0 Å². The van der Waals surface area contributed by atoms with Gasteiger partial charge in [0.15, 0.2) is 11.2 Å². The Morgan fingerprint density at radius 1 is 0.825 bits per heavy atom. The van der Waals surface area contributed by atoms with Crippen LogP contribution >= 0.6 is 0 Å². The minimum absolute atomic E-state index is 0.0278. The van der Waals surface area contributed by atoms with Crippen LogP contribution in [0.15, 0.2) is 121 Å². The molecule has 4 aromatic carbocycles. The predicted molar refractivity (Wildman–Crippen MR) is 152 cm³/mol. The molecule has 0 spiro atoms. The fourth-order valence-electron chi connectivity index (χ4n) is 6.42. The van der Waals surface area contributed by atoms with Gasteiger partial charge in [-0.25, -0.2) is 0 Å². The molecule has 1 N–H and O–H groups in total. The highest BCUT2D eigenvalue weighted by Gasteiger charge is 2.67. The Morgan fingerprint density at radius 2 is 1.32 bits per heavy atom. The third-order valence-electron chi connectivity index (χ3n) is 8.18. The van der Waals surface area contributed by atoms with Gasteiger partial charge in [-0.3, -0.25) is 9.59 Å². The van der Waals surface area contributed by atoms with Gasteiger partial charge in [0.05, 0.1) is 18.6 Å². The smallest absolute Gasteiger partial charge is 0.327 e. The van der Waals surface area contributed by atoms with E-state index in [1.165, 1.54) is 0 Å². The maximum atomic E-state index is 14.6. The fraction of sp³-hybridized carbons (Fsp3) is 0.229. The van der Waals surface area contributed by atoms with Crippen molar-refractivity contribution in [2.24, 2.45) is 11.3 Å². The van der Waals surface area contributed by atoms with Crippen LogP contribution in [0.3, 0.4) is 0 Å². The van der Waals surface area contributed by atoms with E-state index in [1.807, 2.05) is 84.9 Å². The first-order valence-electron chi connectivity index (χ1n) is 13.5. The fourth-order valence-corrected chi connectivity index (χ4v) is 6.42. The number of aliphatic hydroxyl groups is 1. The van der Waals surface area contributed by atoms with Crippen LogP contribution in [0, 0.1) is 22.7 Å². The van der Waals surface area contributed by atoms with Crippen molar-refractivity contribution in [1.82, 2.24) is 0 Å². The summed E-state index contributed by atoms with van der Waals surface area (Å²) >= 11 is 0. The quantitative estimate of drug-likeness (QED) is 0.221. The summed E-state index contributed by atoms with van der Waals surface area (Å²) in [5.41, 5.74) is -1.21. The molecule has 0 unspecified atom stereocenters. The van der Waals surface area contributed by atoms with E-state index < -0.39 is 34.7 Å². The summed E-state index contributed by atoms with van der Waals surface area (Å²) in [6.45, 7) is 1.78. The average Bonchev–Trinajstić information content (AvgIpc) is 3.02. The van der Waals surface area contributed by atoms with E-state index in [0.29, 0.717) is 16.7 Å². The SMILES string of the molecule is CCOC(=O)[C@@]1(C#N)[C@H](c2ccccc2)[C@H](C(=O)c2ccccc2)[C@@](O)(c2ccccc2)C[C@H]1c1ccccc1. The zero-order valence-electron chi connectivity index (χ0n) is 22.3. The molecule has 0 heterocycles. The zero-order valence-corrected chi connectivity index (χ0v) is 22.3. The number of Topliss-reactive ketones (excluding diaryl/α,β-unsaturated/α-hetero) is 1. The number of ketones is 1. The van der Waals surface area contributed by atoms with Crippen LogP contribution in [0.1, 0.15) is 52.2 Å². The first kappa shape index (κ1) is 27.1. The second kappa shape index (κ2) is 11.3. The lowest BCUT2D eigenvalue weighted by molar-refractivity contribution is -0.164. The molecule has 0 aromatic heterocycles. The largest absolute Gasteiger partial charge is 0.465 e. The van der Waals surface area contributed by atoms with Gasteiger partial charge < -0.3 is 9.84 Å². The standard InChI is InChI=1S/C35H31NO4/c1-2-40-33(38)34(24-36)29(25-15-7-3-8-16-25)23-35(39,28-21-13-6-14-22-28)31(30(34)26-17-9-4-10-18-26)32(37)27-19-11-5-12-20-27/h3-22,29-31,39H,2,23H2,1H3/t29-,30+,31+,34+,35-/m0/s1. The van der Waals surface area contributed by atoms with Crippen LogP contribution in [0.25, 0.3) is 0 Å². The van der Waals surface area contributed by atoms with Gasteiger partial charge in [-0.2, -0.15) is 5.26 Å². The normalized spacial score (nSPS) is 25.9. The van der Waals surface area contributed by atoms with Gasteiger partial charge >= 0.3 is 5.97 Å². The molecule has 0 aliphatic heterocycles. The summed E-state index contributed by atoms with van der Waals surface area (Å²) in [6.07, 6.45) is -0.0278. The molecule has 5 atom stereocenters. The highest BCUT2D eigenvalue weighted by atomic mass is 16.5. The lowest BCUT2D eigenvalue weighted by atomic mass is 9.47. The minimum atomic E-state index is -1.80. The van der Waals surface area contributed by atoms with Crippen molar-refractivity contribution in [2.75, 3.05) is 6.61 Å². The second-order valence-corrected chi connectivity index (χ2v) is 10.3. The topological polar surface area (TPSA) is 87.4 Å². The maximum Gasteiger partial charge on any atom is 0.327 e. The summed E-state index contributed by atoms with van der Waals surface area (Å²) in [6, 6.07) is 38.7. The Balaban J connectivity index is 1.88. The molecule has 0 saturated heterocycles. The van der Waals surface area contributed by atoms with Crippen LogP contribution in [0.2, 0.25) is 0 Å². The lowest BCUT2D eigenvalue weighted by Gasteiger charge is -2.54. The second-order valence-electron chi connectivity index (χ2n) is 10.3. The molecule has 1 saturated carbocycles. The van der Waals surface area contributed by atoms with Crippen LogP contribution in [-0.2, 0) is 15.1 Å². The van der Waals surface area contributed by atoms with Crippen molar-refractivity contribution >= 4 is 11.8 Å². The molecular weight excluding hydrogens is 498 g/mol. The lowest BCUT2D eigenvalue weighted by Crippen LogP contribution is -2.59. The number of hydrogen-bond donors (Lipinski definition) is 1. The van der Waals surface area contributed by atoms with E-state index in [0.717, 1.165) is 5.56 Å². The Morgan fingerprint density at radius 3 is 1.85 bits per heavy atom. The van der Waals surface area contributed by atoms with E-state index in [1.54, 1.807) is 43.3 Å². The number of ether oxygens (including phenoxy) is 1. The average molecular weight is 530 g/mol. The molecule has 40 heavy (non-hydrogen) atoms. The Bertz CT molecular complexity index is 1500. The van der Waals surface area contributed by atoms with Gasteiger partial charge in [0, 0.05) is 17.4 Å². The van der Waals surface area contributed by atoms with E-state index in [4.69, 9.17) is 4.74 Å². The van der Waals surface area contributed by atoms with Gasteiger partial charge in [-0.15, -0.1) is 0 Å². The van der Waals surface area contributed by atoms with Crippen molar-refractivity contribution in [3.8, 4) is 6.07 Å². The number of nitriles is 1. The highest BCUT2D eigenvalue weighted by molar-refractivity contribution is 6.00. The zero-order chi connectivity index (χ0) is 28.2. The Hall–Kier alpha value is -4.53. The molecule has 5 nitrogen and oxygen atoms in total. The van der Waals surface area contributed by atoms with Crippen molar-refractivity contribution in [1.29, 1.82) is 5.26 Å². The molecule has 0 bridgehead atoms. The summed E-state index contributed by atoms with van der Waals surface area (Å²) in [5, 5.41) is 23.9. The van der Waals surface area contributed by atoms with E-state index in [2.05, 4.69) is 6.07 Å². The maximum absolute atomic E-state index is 14.6. The molecule has 1 aliphatic rings. The molecule has 1 fully saturated rings. The Labute approximate surface area is 234 Å². The van der Waals surface area contributed by atoms with Gasteiger partial charge in [0.1, 0.15) is 5.60 Å². The van der Waals surface area contributed by atoms with Gasteiger partial charge in [-0.1, -0.05) is 121 Å². The summed E-state index contributed by atoms with van der Waals surface area (Å²) < 4.78 is 5.63. The van der Waals surface area contributed by atoms with Crippen LogP contribution in [-0.4, -0.2) is 23.5 Å². The third-order valence-corrected chi connectivity index (χ3v) is 8.18. The predicted octanol–water partition coefficient (Wildman–Crippen LogP) is 6.42. The van der Waals surface area contributed by atoms with E-state index in [-0.39, 0.29) is 18.8 Å². The van der Waals surface area contributed by atoms with Crippen molar-refractivity contribution in [3.05, 3.63) is 144 Å². The molecule has 200 valence electrons. The van der Waals surface area contributed by atoms with E-state index >= 15 is 0 Å². The number of hydrogen-bond acceptors (Lipinski definition) is 5. The van der Waals surface area contributed by atoms with Crippen LogP contribution < -0.4 is 0 Å². The molecule has 4 aromatic rings. The number of carbonyl (C=O) groups is 2. The highest BCUT2D eigenvalue weighted by Crippen LogP contribution is 2.63. The first-order chi connectivity index (χ1) is 19.5. The molecule has 0 amide bonds. The molecule has 5 heteroatoms. The number of carbonyl (C=O) groups excluding carboxylic acids is 2. The molecule has 0 radical (unpaired) electrons. The van der Waals surface area contributed by atoms with Crippen LogP contribution in [0.5, 0.6) is 0 Å². The van der Waals surface area contributed by atoms with Crippen LogP contribution in [0.4, 0.5) is 0 Å². The number of benzene rings is 4. The molecule has 5 rings (SSSR count). The van der Waals surface area contributed by atoms with Crippen molar-refractivity contribution in [2.45, 2.75) is 30.8 Å². The van der Waals surface area contributed by atoms with Crippen molar-refractivity contribution in [3.63, 3.8) is 0 Å². The Kier molecular flexibility index (Phi) is 7.64. The number of rotatable bonds is 7. The van der Waals surface area contributed by atoms with Gasteiger partial charge in [0.25, 0.3) is 0 Å². The summed E-state index contributed by atoms with van der Waals surface area (Å²) in [7, 11) is 0. The number of esters is 1. The monoisotopic (exact) mass is 529 g/mol. The first-order valence-corrected chi connectivity index (χ1v) is 13.5. The summed E-state index contributed by atoms with van der Waals surface area (Å²) in [5.74, 6) is -3.98. The number of nitrogens with zero attached hydrogens (tertiary/aromatic N) is 1. The third kappa shape index (κ3) is 4.51. The molecule has 1 aliphatic carbocycles. The van der Waals surface area contributed by atoms with Gasteiger partial charge in [0.2, 0.25) is 0 Å². The molecular formula is C35H31NO4.